The minimum absolute atomic E-state index is 0.152. The number of carbonyl (C=O) groups is 1. The van der Waals surface area contributed by atoms with Crippen LogP contribution in [0.2, 0.25) is 0 Å². The van der Waals surface area contributed by atoms with E-state index >= 15 is 0 Å². The molecule has 1 aliphatic rings. The van der Waals surface area contributed by atoms with E-state index in [0.717, 1.165) is 0 Å². The fraction of sp³-hybridized carbons (Fsp3) is 0.200. The van der Waals surface area contributed by atoms with Crippen molar-refractivity contribution < 1.29 is 23.8 Å². The van der Waals surface area contributed by atoms with Crippen LogP contribution in [0.5, 0.6) is 5.75 Å². The normalized spacial score (nSPS) is 18.2. The summed E-state index contributed by atoms with van der Waals surface area (Å²) in [6.07, 6.45) is -1.30. The van der Waals surface area contributed by atoms with Crippen LogP contribution in [0.1, 0.15) is 12.5 Å². The first-order chi connectivity index (χ1) is 10.0. The number of benzene rings is 1. The molecule has 0 saturated heterocycles. The molecule has 0 fully saturated rings. The van der Waals surface area contributed by atoms with Gasteiger partial charge in [-0.15, -0.1) is 0 Å². The second-order valence-electron chi connectivity index (χ2n) is 4.63. The second-order valence-corrected chi connectivity index (χ2v) is 4.63. The zero-order chi connectivity index (χ0) is 15.1. The predicted molar refractivity (Wildman–Crippen MR) is 73.7 cm³/mol. The first-order valence-corrected chi connectivity index (χ1v) is 6.24. The zero-order valence-corrected chi connectivity index (χ0v) is 11.4. The topological polar surface area (TPSA) is 86.0 Å². The van der Waals surface area contributed by atoms with Gasteiger partial charge in [0.25, 0.3) is 0 Å². The number of rotatable bonds is 2. The van der Waals surface area contributed by atoms with E-state index in [1.807, 2.05) is 0 Å². The third kappa shape index (κ3) is 2.00. The van der Waals surface area contributed by atoms with Crippen LogP contribution in [0.3, 0.4) is 0 Å². The van der Waals surface area contributed by atoms with Crippen LogP contribution in [-0.2, 0) is 9.53 Å². The summed E-state index contributed by atoms with van der Waals surface area (Å²) in [7, 11) is 1.44. The molecular formula is C15H12O6. The molecule has 0 amide bonds. The summed E-state index contributed by atoms with van der Waals surface area (Å²) >= 11 is 0. The Balaban J connectivity index is 2.43. The molecule has 0 spiro atoms. The van der Waals surface area contributed by atoms with E-state index in [0.29, 0.717) is 22.3 Å². The van der Waals surface area contributed by atoms with E-state index in [9.17, 15) is 14.7 Å². The van der Waals surface area contributed by atoms with Gasteiger partial charge in [0.05, 0.1) is 18.2 Å². The molecule has 1 aromatic carbocycles. The lowest BCUT2D eigenvalue weighted by atomic mass is 9.98. The standard InChI is InChI=1S/C15H12O6/c1-7-11(15(18)21-14(7)17)12-9(19-2)5-3-8-4-6-10(16)20-13(8)12/h3-6,14,17H,1-2H3. The largest absolute Gasteiger partial charge is 0.496 e. The molecule has 6 heteroatoms. The van der Waals surface area contributed by atoms with Gasteiger partial charge in [-0.3, -0.25) is 0 Å². The number of hydrogen-bond acceptors (Lipinski definition) is 6. The van der Waals surface area contributed by atoms with E-state index in [4.69, 9.17) is 13.9 Å². The Morgan fingerprint density at radius 3 is 2.52 bits per heavy atom. The Kier molecular flexibility index (Phi) is 3.03. The highest BCUT2D eigenvalue weighted by Gasteiger charge is 2.34. The van der Waals surface area contributed by atoms with Crippen LogP contribution in [-0.4, -0.2) is 24.5 Å². The zero-order valence-electron chi connectivity index (χ0n) is 11.4. The number of ether oxygens (including phenoxy) is 2. The third-order valence-electron chi connectivity index (χ3n) is 3.41. The van der Waals surface area contributed by atoms with Gasteiger partial charge in [-0.05, 0) is 25.1 Å². The van der Waals surface area contributed by atoms with Gasteiger partial charge in [-0.2, -0.15) is 0 Å². The van der Waals surface area contributed by atoms with Gasteiger partial charge in [0.2, 0.25) is 6.29 Å². The van der Waals surface area contributed by atoms with E-state index in [-0.39, 0.29) is 11.2 Å². The molecule has 1 N–H and O–H groups in total. The molecule has 0 aliphatic carbocycles. The van der Waals surface area contributed by atoms with Crippen molar-refractivity contribution in [1.29, 1.82) is 0 Å². The van der Waals surface area contributed by atoms with Crippen molar-refractivity contribution in [3.05, 3.63) is 45.8 Å². The van der Waals surface area contributed by atoms with Crippen molar-refractivity contribution in [2.75, 3.05) is 7.11 Å². The molecule has 6 nitrogen and oxygen atoms in total. The van der Waals surface area contributed by atoms with Gasteiger partial charge in [0.1, 0.15) is 11.3 Å². The Bertz CT molecular complexity index is 830. The number of cyclic esters (lactones) is 1. The molecule has 3 rings (SSSR count). The van der Waals surface area contributed by atoms with Gasteiger partial charge in [-0.1, -0.05) is 0 Å². The molecule has 0 radical (unpaired) electrons. The lowest BCUT2D eigenvalue weighted by molar-refractivity contribution is -0.150. The van der Waals surface area contributed by atoms with Crippen molar-refractivity contribution in [2.24, 2.45) is 0 Å². The first kappa shape index (κ1) is 13.4. The van der Waals surface area contributed by atoms with Crippen LogP contribution in [0.4, 0.5) is 0 Å². The second kappa shape index (κ2) is 4.75. The molecule has 108 valence electrons. The summed E-state index contributed by atoms with van der Waals surface area (Å²) in [6.45, 7) is 1.57. The highest BCUT2D eigenvalue weighted by Crippen LogP contribution is 2.38. The number of aliphatic hydroxyl groups is 1. The molecule has 0 saturated carbocycles. The van der Waals surface area contributed by atoms with Gasteiger partial charge in [0.15, 0.2) is 0 Å². The molecule has 2 aromatic rings. The van der Waals surface area contributed by atoms with E-state index in [2.05, 4.69) is 0 Å². The monoisotopic (exact) mass is 288 g/mol. The average molecular weight is 288 g/mol. The quantitative estimate of drug-likeness (QED) is 0.665. The van der Waals surface area contributed by atoms with Gasteiger partial charge < -0.3 is 19.0 Å². The minimum atomic E-state index is -1.30. The number of aliphatic hydroxyl groups excluding tert-OH is 1. The van der Waals surface area contributed by atoms with Crippen LogP contribution in [0.25, 0.3) is 16.5 Å². The van der Waals surface area contributed by atoms with Gasteiger partial charge >= 0.3 is 11.6 Å². The maximum atomic E-state index is 12.0. The Labute approximate surface area is 119 Å². The van der Waals surface area contributed by atoms with Crippen molar-refractivity contribution in [3.63, 3.8) is 0 Å². The molecule has 1 aromatic heterocycles. The number of carbonyl (C=O) groups excluding carboxylic acids is 1. The Morgan fingerprint density at radius 1 is 1.19 bits per heavy atom. The number of methoxy groups -OCH3 is 1. The van der Waals surface area contributed by atoms with Crippen molar-refractivity contribution >= 4 is 22.5 Å². The highest BCUT2D eigenvalue weighted by atomic mass is 16.6. The Morgan fingerprint density at radius 2 is 1.90 bits per heavy atom. The fourth-order valence-electron chi connectivity index (χ4n) is 2.35. The van der Waals surface area contributed by atoms with Crippen LogP contribution in [0, 0.1) is 0 Å². The average Bonchev–Trinajstić information content (AvgIpc) is 2.71. The number of esters is 1. The smallest absolute Gasteiger partial charge is 0.341 e. The Hall–Kier alpha value is -2.60. The minimum Gasteiger partial charge on any atom is -0.496 e. The molecule has 21 heavy (non-hydrogen) atoms. The maximum absolute atomic E-state index is 12.0. The number of fused-ring (bicyclic) bond motifs is 1. The van der Waals surface area contributed by atoms with Crippen LogP contribution < -0.4 is 10.4 Å². The van der Waals surface area contributed by atoms with Crippen molar-refractivity contribution in [1.82, 2.24) is 0 Å². The molecule has 2 heterocycles. The first-order valence-electron chi connectivity index (χ1n) is 6.24. The lowest BCUT2D eigenvalue weighted by Gasteiger charge is -2.10. The van der Waals surface area contributed by atoms with E-state index in [1.165, 1.54) is 13.2 Å². The molecule has 1 aliphatic heterocycles. The summed E-state index contributed by atoms with van der Waals surface area (Å²) in [5.41, 5.74) is 0.493. The van der Waals surface area contributed by atoms with E-state index < -0.39 is 17.9 Å². The van der Waals surface area contributed by atoms with Crippen LogP contribution >= 0.6 is 0 Å². The molecule has 0 bridgehead atoms. The molecular weight excluding hydrogens is 276 g/mol. The summed E-state index contributed by atoms with van der Waals surface area (Å²) in [5.74, 6) is -0.324. The maximum Gasteiger partial charge on any atom is 0.341 e. The summed E-state index contributed by atoms with van der Waals surface area (Å²) < 4.78 is 15.3. The lowest BCUT2D eigenvalue weighted by Crippen LogP contribution is -2.08. The van der Waals surface area contributed by atoms with Gasteiger partial charge in [0, 0.05) is 17.0 Å². The summed E-state index contributed by atoms with van der Waals surface area (Å²) in [5, 5.41) is 10.3. The van der Waals surface area contributed by atoms with Crippen molar-refractivity contribution in [3.8, 4) is 5.75 Å². The van der Waals surface area contributed by atoms with Crippen molar-refractivity contribution in [2.45, 2.75) is 13.2 Å². The highest BCUT2D eigenvalue weighted by molar-refractivity contribution is 6.23. The molecule has 1 atom stereocenters. The predicted octanol–water partition coefficient (Wildman–Crippen LogP) is 1.45. The fourth-order valence-corrected chi connectivity index (χ4v) is 2.35. The van der Waals surface area contributed by atoms with Crippen LogP contribution in [0.15, 0.2) is 39.1 Å². The SMILES string of the molecule is COc1ccc2ccc(=O)oc2c1C1=C(C)C(O)OC1=O. The van der Waals surface area contributed by atoms with E-state index in [1.54, 1.807) is 25.1 Å². The number of hydrogen-bond donors (Lipinski definition) is 1. The third-order valence-corrected chi connectivity index (χ3v) is 3.41. The molecule has 1 unspecified atom stereocenters. The summed E-state index contributed by atoms with van der Waals surface area (Å²) in [4.78, 5) is 23.5. The summed E-state index contributed by atoms with van der Waals surface area (Å²) in [6, 6.07) is 6.27. The van der Waals surface area contributed by atoms with Gasteiger partial charge in [-0.25, -0.2) is 9.59 Å².